The highest BCUT2D eigenvalue weighted by Gasteiger charge is 2.67. The van der Waals surface area contributed by atoms with Crippen LogP contribution >= 0.6 is 22.6 Å². The van der Waals surface area contributed by atoms with Gasteiger partial charge in [-0.05, 0) is 96.7 Å². The van der Waals surface area contributed by atoms with Gasteiger partial charge in [0.2, 0.25) is 0 Å². The van der Waals surface area contributed by atoms with Crippen LogP contribution in [0, 0.1) is 28.1 Å². The lowest BCUT2D eigenvalue weighted by Crippen LogP contribution is -2.63. The Kier molecular flexibility index (Phi) is 5.31. The van der Waals surface area contributed by atoms with Crippen LogP contribution in [-0.2, 0) is 0 Å². The third-order valence-corrected chi connectivity index (χ3v) is 10.3. The molecule has 5 aliphatic rings. The van der Waals surface area contributed by atoms with E-state index in [1.807, 2.05) is 0 Å². The van der Waals surface area contributed by atoms with Gasteiger partial charge in [0.1, 0.15) is 0 Å². The zero-order chi connectivity index (χ0) is 16.7. The molecule has 5 saturated carbocycles. The normalized spacial score (nSPS) is 48.2. The van der Waals surface area contributed by atoms with E-state index < -0.39 is 0 Å². The van der Waals surface area contributed by atoms with Crippen LogP contribution in [0.25, 0.3) is 0 Å². The Morgan fingerprint density at radius 2 is 1.50 bits per heavy atom. The van der Waals surface area contributed by atoms with Crippen LogP contribution in [0.1, 0.15) is 110 Å². The molecule has 5 fully saturated rings. The average Bonchev–Trinajstić information content (AvgIpc) is 2.58. The second kappa shape index (κ2) is 7.04. The van der Waals surface area contributed by atoms with Gasteiger partial charge in [-0.25, -0.2) is 0 Å². The number of hydrogen-bond acceptors (Lipinski definition) is 0. The molecule has 3 atom stereocenters. The molecule has 0 aliphatic heterocycles. The predicted octanol–water partition coefficient (Wildman–Crippen LogP) is 7.93. The maximum atomic E-state index is 2.78. The van der Waals surface area contributed by atoms with Crippen molar-refractivity contribution < 1.29 is 0 Å². The van der Waals surface area contributed by atoms with Gasteiger partial charge in [-0.3, -0.25) is 0 Å². The summed E-state index contributed by atoms with van der Waals surface area (Å²) in [5, 5.41) is 0. The van der Waals surface area contributed by atoms with Crippen molar-refractivity contribution in [3.05, 3.63) is 0 Å². The van der Waals surface area contributed by atoms with Gasteiger partial charge in [0.25, 0.3) is 0 Å². The number of unbranched alkanes of at least 4 members (excludes halogenated alkanes) is 1. The second-order valence-electron chi connectivity index (χ2n) is 10.4. The summed E-state index contributed by atoms with van der Waals surface area (Å²) >= 11 is 2.58. The maximum Gasteiger partial charge on any atom is -0.000472 e. The van der Waals surface area contributed by atoms with Crippen molar-refractivity contribution in [1.29, 1.82) is 0 Å². The summed E-state index contributed by atoms with van der Waals surface area (Å²) in [6.45, 7) is 2.78. The minimum atomic E-state index is 0.674. The van der Waals surface area contributed by atoms with E-state index in [0.29, 0.717) is 5.41 Å². The minimum Gasteiger partial charge on any atom is -0.0864 e. The molecule has 0 heterocycles. The zero-order valence-corrected chi connectivity index (χ0v) is 18.2. The Balaban J connectivity index is 1.65. The quantitative estimate of drug-likeness (QED) is 0.236. The van der Waals surface area contributed by atoms with Gasteiger partial charge < -0.3 is 0 Å². The summed E-state index contributed by atoms with van der Waals surface area (Å²) < 4.78 is 1.36. The first kappa shape index (κ1) is 18.1. The molecular formula is C23H39I. The first-order valence-electron chi connectivity index (χ1n) is 11.2. The van der Waals surface area contributed by atoms with E-state index in [1.165, 1.54) is 43.0 Å². The smallest absolute Gasteiger partial charge is 0.000472 e. The van der Waals surface area contributed by atoms with Crippen LogP contribution in [-0.4, -0.2) is 4.43 Å². The fraction of sp³-hybridized carbons (Fsp3) is 1.00. The lowest BCUT2D eigenvalue weighted by atomic mass is 9.32. The molecule has 0 N–H and O–H groups in total. The van der Waals surface area contributed by atoms with Gasteiger partial charge in [-0.15, -0.1) is 0 Å². The zero-order valence-electron chi connectivity index (χ0n) is 16.1. The standard InChI is InChI=1S/C23H39I/c1-21(13-6-7-16-24)19-9-4-2-3-5-10-20(12-11-19)22-14-8-15-23(21,17-22)18-22/h19-20H,2-18H2,1H3. The van der Waals surface area contributed by atoms with Crippen LogP contribution in [0.2, 0.25) is 0 Å². The highest BCUT2D eigenvalue weighted by atomic mass is 127. The third-order valence-electron chi connectivity index (χ3n) is 9.49. The van der Waals surface area contributed by atoms with E-state index in [0.717, 1.165) is 22.7 Å². The Morgan fingerprint density at radius 1 is 0.792 bits per heavy atom. The largest absolute Gasteiger partial charge is 0.0864 e. The maximum absolute atomic E-state index is 2.78. The van der Waals surface area contributed by atoms with Gasteiger partial charge in [-0.1, -0.05) is 68.0 Å². The predicted molar refractivity (Wildman–Crippen MR) is 113 cm³/mol. The molecule has 0 radical (unpaired) electrons. The van der Waals surface area contributed by atoms with Gasteiger partial charge in [-0.2, -0.15) is 0 Å². The van der Waals surface area contributed by atoms with Crippen LogP contribution in [0.5, 0.6) is 0 Å². The molecular weight excluding hydrogens is 403 g/mol. The summed E-state index contributed by atoms with van der Waals surface area (Å²) in [6.07, 6.45) is 24.9. The molecule has 5 rings (SSSR count). The van der Waals surface area contributed by atoms with E-state index in [2.05, 4.69) is 29.5 Å². The number of rotatable bonds is 4. The lowest BCUT2D eigenvalue weighted by Gasteiger charge is -2.73. The van der Waals surface area contributed by atoms with Crippen molar-refractivity contribution in [2.45, 2.75) is 110 Å². The highest BCUT2D eigenvalue weighted by Crippen LogP contribution is 2.77. The number of alkyl halides is 1. The first-order chi connectivity index (χ1) is 11.6. The molecule has 4 bridgehead atoms. The average molecular weight is 442 g/mol. The molecule has 0 aromatic carbocycles. The van der Waals surface area contributed by atoms with E-state index in [4.69, 9.17) is 0 Å². The fourth-order valence-electron chi connectivity index (χ4n) is 8.18. The lowest BCUT2D eigenvalue weighted by molar-refractivity contribution is -0.231. The molecule has 5 aliphatic carbocycles. The van der Waals surface area contributed by atoms with E-state index in [1.54, 1.807) is 64.2 Å². The van der Waals surface area contributed by atoms with Crippen molar-refractivity contribution in [2.24, 2.45) is 28.1 Å². The summed E-state index contributed by atoms with van der Waals surface area (Å²) in [5.74, 6) is 2.15. The van der Waals surface area contributed by atoms with Gasteiger partial charge in [0.15, 0.2) is 0 Å². The van der Waals surface area contributed by atoms with E-state index >= 15 is 0 Å². The Bertz CT molecular complexity index is 435. The van der Waals surface area contributed by atoms with E-state index in [9.17, 15) is 0 Å². The number of hydrogen-bond donors (Lipinski definition) is 0. The van der Waals surface area contributed by atoms with Crippen molar-refractivity contribution in [3.63, 3.8) is 0 Å². The van der Waals surface area contributed by atoms with Gasteiger partial charge in [0, 0.05) is 0 Å². The molecule has 0 spiro atoms. The van der Waals surface area contributed by atoms with Crippen LogP contribution in [0.15, 0.2) is 0 Å². The Morgan fingerprint density at radius 3 is 2.25 bits per heavy atom. The molecule has 0 saturated heterocycles. The Hall–Kier alpha value is 0.730. The molecule has 0 aromatic heterocycles. The fourth-order valence-corrected chi connectivity index (χ4v) is 8.71. The summed E-state index contributed by atoms with van der Waals surface area (Å²) in [5.41, 5.74) is 2.25. The molecule has 1 heteroatoms. The van der Waals surface area contributed by atoms with Gasteiger partial charge >= 0.3 is 0 Å². The first-order valence-corrected chi connectivity index (χ1v) is 12.7. The molecule has 3 unspecified atom stereocenters. The highest BCUT2D eigenvalue weighted by molar-refractivity contribution is 14.1. The third kappa shape index (κ3) is 2.82. The molecule has 0 nitrogen and oxygen atoms in total. The van der Waals surface area contributed by atoms with Crippen molar-refractivity contribution in [2.75, 3.05) is 4.43 Å². The summed E-state index contributed by atoms with van der Waals surface area (Å²) in [7, 11) is 0. The van der Waals surface area contributed by atoms with Crippen molar-refractivity contribution >= 4 is 22.6 Å². The summed E-state index contributed by atoms with van der Waals surface area (Å²) in [6, 6.07) is 0. The van der Waals surface area contributed by atoms with Crippen molar-refractivity contribution in [1.82, 2.24) is 0 Å². The van der Waals surface area contributed by atoms with Crippen LogP contribution in [0.4, 0.5) is 0 Å². The molecule has 0 aromatic rings. The van der Waals surface area contributed by atoms with Gasteiger partial charge in [0.05, 0.1) is 0 Å². The molecule has 0 amide bonds. The van der Waals surface area contributed by atoms with Crippen molar-refractivity contribution in [3.8, 4) is 0 Å². The van der Waals surface area contributed by atoms with E-state index in [-0.39, 0.29) is 0 Å². The Labute approximate surface area is 164 Å². The van der Waals surface area contributed by atoms with Crippen LogP contribution < -0.4 is 0 Å². The number of halogens is 1. The second-order valence-corrected chi connectivity index (χ2v) is 11.5. The monoisotopic (exact) mass is 442 g/mol. The number of fused-ring (bicyclic) bond motifs is 5. The topological polar surface area (TPSA) is 0 Å². The summed E-state index contributed by atoms with van der Waals surface area (Å²) in [4.78, 5) is 0. The minimum absolute atomic E-state index is 0.674. The molecule has 24 heavy (non-hydrogen) atoms. The molecule has 138 valence electrons. The SMILES string of the molecule is CC1(CCCCI)C2CCCCCCC(CC2)C23CCCC1(C2)C3. The van der Waals surface area contributed by atoms with Crippen LogP contribution in [0.3, 0.4) is 0 Å².